The van der Waals surface area contributed by atoms with Crippen LogP contribution in [0.1, 0.15) is 10.5 Å². The fraction of sp³-hybridized carbons (Fsp3) is 0.111. The zero-order valence-corrected chi connectivity index (χ0v) is 14.1. The van der Waals surface area contributed by atoms with Gasteiger partial charge in [-0.05, 0) is 29.6 Å². The zero-order chi connectivity index (χ0) is 17.1. The summed E-state index contributed by atoms with van der Waals surface area (Å²) in [7, 11) is 0. The molecule has 3 heterocycles. The molecule has 0 unspecified atom stereocenters. The molecule has 4 rings (SSSR count). The Bertz CT molecular complexity index is 1010. The predicted octanol–water partition coefficient (Wildman–Crippen LogP) is 2.98. The van der Waals surface area contributed by atoms with E-state index in [9.17, 15) is 4.79 Å². The maximum absolute atomic E-state index is 12.2. The van der Waals surface area contributed by atoms with Gasteiger partial charge in [0.15, 0.2) is 0 Å². The topological polar surface area (TPSA) is 72.7 Å². The van der Waals surface area contributed by atoms with E-state index >= 15 is 0 Å². The lowest BCUT2D eigenvalue weighted by Crippen LogP contribution is -2.28. The third kappa shape index (κ3) is 3.41. The van der Waals surface area contributed by atoms with Crippen LogP contribution in [0.2, 0.25) is 0 Å². The Kier molecular flexibility index (Phi) is 4.22. The Morgan fingerprint density at radius 1 is 1.16 bits per heavy atom. The summed E-state index contributed by atoms with van der Waals surface area (Å²) in [6.07, 6.45) is 3.41. The quantitative estimate of drug-likeness (QED) is 0.601. The third-order valence-corrected chi connectivity index (χ3v) is 4.45. The van der Waals surface area contributed by atoms with Gasteiger partial charge in [-0.2, -0.15) is 16.4 Å². The molecule has 0 aliphatic carbocycles. The molecule has 4 aromatic rings. The summed E-state index contributed by atoms with van der Waals surface area (Å²) in [5, 5.41) is 11.5. The monoisotopic (exact) mass is 349 g/mol. The lowest BCUT2D eigenvalue weighted by atomic mass is 10.2. The average molecular weight is 349 g/mol. The van der Waals surface area contributed by atoms with E-state index in [4.69, 9.17) is 0 Å². The first-order chi connectivity index (χ1) is 12.3. The summed E-state index contributed by atoms with van der Waals surface area (Å²) < 4.78 is 1.82. The van der Waals surface area contributed by atoms with Gasteiger partial charge < -0.3 is 5.32 Å². The smallest absolute Gasteiger partial charge is 0.271 e. The van der Waals surface area contributed by atoms with Crippen molar-refractivity contribution in [1.82, 2.24) is 25.1 Å². The minimum atomic E-state index is -0.233. The van der Waals surface area contributed by atoms with Crippen molar-refractivity contribution in [3.63, 3.8) is 0 Å². The first kappa shape index (κ1) is 15.5. The molecule has 0 saturated carbocycles. The summed E-state index contributed by atoms with van der Waals surface area (Å²) in [5.41, 5.74) is 3.85. The highest BCUT2D eigenvalue weighted by atomic mass is 32.1. The van der Waals surface area contributed by atoms with E-state index in [0.717, 1.165) is 16.8 Å². The first-order valence-corrected chi connectivity index (χ1v) is 8.80. The normalized spacial score (nSPS) is 10.9. The lowest BCUT2D eigenvalue weighted by molar-refractivity contribution is 0.0947. The minimum Gasteiger partial charge on any atom is -0.349 e. The van der Waals surface area contributed by atoms with Crippen molar-refractivity contribution in [2.75, 3.05) is 6.54 Å². The number of thiophene rings is 1. The van der Waals surface area contributed by atoms with Crippen molar-refractivity contribution in [2.45, 2.75) is 6.54 Å². The molecule has 0 bridgehead atoms. The molecule has 6 nitrogen and oxygen atoms in total. The molecule has 1 aromatic carbocycles. The van der Waals surface area contributed by atoms with Crippen LogP contribution >= 0.6 is 11.3 Å². The van der Waals surface area contributed by atoms with Crippen LogP contribution in [-0.2, 0) is 6.54 Å². The Morgan fingerprint density at radius 2 is 2.04 bits per heavy atom. The number of hydrogen-bond donors (Lipinski definition) is 1. The summed E-state index contributed by atoms with van der Waals surface area (Å²) in [4.78, 5) is 20.8. The van der Waals surface area contributed by atoms with Crippen LogP contribution in [0.4, 0.5) is 0 Å². The van der Waals surface area contributed by atoms with Crippen molar-refractivity contribution in [3.8, 4) is 11.3 Å². The first-order valence-electron chi connectivity index (χ1n) is 7.85. The molecular formula is C18H15N5OS. The molecule has 7 heteroatoms. The van der Waals surface area contributed by atoms with E-state index in [-0.39, 0.29) is 5.91 Å². The third-order valence-electron chi connectivity index (χ3n) is 3.77. The molecule has 1 N–H and O–H groups in total. The van der Waals surface area contributed by atoms with Crippen molar-refractivity contribution >= 4 is 28.3 Å². The van der Waals surface area contributed by atoms with E-state index < -0.39 is 0 Å². The largest absolute Gasteiger partial charge is 0.349 e. The fourth-order valence-electron chi connectivity index (χ4n) is 2.49. The van der Waals surface area contributed by atoms with E-state index in [1.165, 1.54) is 6.20 Å². The summed E-state index contributed by atoms with van der Waals surface area (Å²) in [5.74, 6) is -0.233. The van der Waals surface area contributed by atoms with Crippen molar-refractivity contribution in [3.05, 3.63) is 65.2 Å². The van der Waals surface area contributed by atoms with Gasteiger partial charge in [-0.1, -0.05) is 12.1 Å². The maximum atomic E-state index is 12.2. The Morgan fingerprint density at radius 3 is 2.88 bits per heavy atom. The highest BCUT2D eigenvalue weighted by Crippen LogP contribution is 2.19. The summed E-state index contributed by atoms with van der Waals surface area (Å²) in [6, 6.07) is 11.5. The zero-order valence-electron chi connectivity index (χ0n) is 13.3. The number of nitrogens with zero attached hydrogens (tertiary/aromatic N) is 4. The minimum absolute atomic E-state index is 0.233. The fourth-order valence-corrected chi connectivity index (χ4v) is 3.14. The number of amides is 1. The summed E-state index contributed by atoms with van der Waals surface area (Å²) >= 11 is 1.64. The van der Waals surface area contributed by atoms with E-state index in [1.54, 1.807) is 11.3 Å². The van der Waals surface area contributed by atoms with Gasteiger partial charge in [0.2, 0.25) is 0 Å². The molecule has 0 fully saturated rings. The number of aromatic nitrogens is 4. The molecule has 25 heavy (non-hydrogen) atoms. The number of para-hydroxylation sites is 2. The predicted molar refractivity (Wildman–Crippen MR) is 97.4 cm³/mol. The Balaban J connectivity index is 1.37. The molecule has 0 aliphatic rings. The van der Waals surface area contributed by atoms with E-state index in [1.807, 2.05) is 52.7 Å². The molecule has 3 aromatic heterocycles. The second kappa shape index (κ2) is 6.82. The van der Waals surface area contributed by atoms with Crippen LogP contribution in [0.3, 0.4) is 0 Å². The van der Waals surface area contributed by atoms with Gasteiger partial charge >= 0.3 is 0 Å². The van der Waals surface area contributed by atoms with Crippen molar-refractivity contribution in [2.24, 2.45) is 0 Å². The standard InChI is InChI=1S/C18H15N5OS/c24-18(17-11-20-15-3-1-2-4-16(15)21-17)19-7-9-23-8-5-14(22-23)13-6-10-25-12-13/h1-6,8,10-12H,7,9H2,(H,19,24). The molecule has 124 valence electrons. The van der Waals surface area contributed by atoms with Gasteiger partial charge in [-0.15, -0.1) is 0 Å². The van der Waals surface area contributed by atoms with Gasteiger partial charge in [-0.25, -0.2) is 4.98 Å². The SMILES string of the molecule is O=C(NCCn1ccc(-c2ccsc2)n1)c1cnc2ccccc2n1. The van der Waals surface area contributed by atoms with Crippen LogP contribution in [0.25, 0.3) is 22.3 Å². The van der Waals surface area contributed by atoms with Crippen molar-refractivity contribution in [1.29, 1.82) is 0 Å². The van der Waals surface area contributed by atoms with Crippen LogP contribution in [-0.4, -0.2) is 32.2 Å². The van der Waals surface area contributed by atoms with Gasteiger partial charge in [0.05, 0.1) is 29.5 Å². The summed E-state index contributed by atoms with van der Waals surface area (Å²) in [6.45, 7) is 1.06. The number of nitrogens with one attached hydrogen (secondary N) is 1. The van der Waals surface area contributed by atoms with Crippen LogP contribution < -0.4 is 5.32 Å². The van der Waals surface area contributed by atoms with Crippen LogP contribution in [0.5, 0.6) is 0 Å². The molecule has 0 spiro atoms. The highest BCUT2D eigenvalue weighted by molar-refractivity contribution is 7.08. The number of hydrogen-bond acceptors (Lipinski definition) is 5. The van der Waals surface area contributed by atoms with Crippen molar-refractivity contribution < 1.29 is 4.79 Å². The maximum Gasteiger partial charge on any atom is 0.271 e. The van der Waals surface area contributed by atoms with Crippen LogP contribution in [0.15, 0.2) is 59.6 Å². The number of carbonyl (C=O) groups is 1. The lowest BCUT2D eigenvalue weighted by Gasteiger charge is -2.05. The average Bonchev–Trinajstić information content (AvgIpc) is 3.32. The second-order valence-corrected chi connectivity index (χ2v) is 6.26. The van der Waals surface area contributed by atoms with Crippen LogP contribution in [0, 0.1) is 0 Å². The number of fused-ring (bicyclic) bond motifs is 1. The molecule has 0 saturated heterocycles. The molecule has 1 amide bonds. The number of carbonyl (C=O) groups excluding carboxylic acids is 1. The number of benzene rings is 1. The van der Waals surface area contributed by atoms with Gasteiger partial charge in [0.1, 0.15) is 5.69 Å². The van der Waals surface area contributed by atoms with E-state index in [0.29, 0.717) is 24.3 Å². The molecule has 0 aliphatic heterocycles. The second-order valence-electron chi connectivity index (χ2n) is 5.48. The van der Waals surface area contributed by atoms with Gasteiger partial charge in [-0.3, -0.25) is 14.5 Å². The number of rotatable bonds is 5. The van der Waals surface area contributed by atoms with Gasteiger partial charge in [0, 0.05) is 23.7 Å². The van der Waals surface area contributed by atoms with E-state index in [2.05, 4.69) is 25.8 Å². The van der Waals surface area contributed by atoms with Gasteiger partial charge in [0.25, 0.3) is 5.91 Å². The molecule has 0 atom stereocenters. The molecular weight excluding hydrogens is 334 g/mol. The Labute approximate surface area is 148 Å². The highest BCUT2D eigenvalue weighted by Gasteiger charge is 2.09. The molecule has 0 radical (unpaired) electrons. The Hall–Kier alpha value is -3.06.